The SMILES string of the molecule is CCNC(C#N)c1ccc(OC)c(Cl)c1. The number of benzene rings is 1. The molecule has 0 aliphatic heterocycles. The molecule has 80 valence electrons. The molecule has 0 spiro atoms. The van der Waals surface area contributed by atoms with Crippen molar-refractivity contribution in [1.82, 2.24) is 5.32 Å². The van der Waals surface area contributed by atoms with Gasteiger partial charge in [0.1, 0.15) is 11.8 Å². The second kappa shape index (κ2) is 5.59. The highest BCUT2D eigenvalue weighted by molar-refractivity contribution is 6.32. The number of nitrogens with one attached hydrogen (secondary N) is 1. The first-order chi connectivity index (χ1) is 7.22. The van der Waals surface area contributed by atoms with Crippen molar-refractivity contribution in [1.29, 1.82) is 5.26 Å². The molecule has 1 unspecified atom stereocenters. The minimum Gasteiger partial charge on any atom is -0.495 e. The van der Waals surface area contributed by atoms with Gasteiger partial charge >= 0.3 is 0 Å². The van der Waals surface area contributed by atoms with Crippen molar-refractivity contribution in [2.75, 3.05) is 13.7 Å². The quantitative estimate of drug-likeness (QED) is 0.855. The van der Waals surface area contributed by atoms with E-state index in [2.05, 4.69) is 11.4 Å². The van der Waals surface area contributed by atoms with E-state index < -0.39 is 0 Å². The molecule has 15 heavy (non-hydrogen) atoms. The molecule has 0 saturated carbocycles. The number of methoxy groups -OCH3 is 1. The van der Waals surface area contributed by atoms with Crippen molar-refractivity contribution >= 4 is 11.6 Å². The maximum atomic E-state index is 8.94. The van der Waals surface area contributed by atoms with E-state index in [1.54, 1.807) is 19.2 Å². The van der Waals surface area contributed by atoms with Crippen LogP contribution in [-0.2, 0) is 0 Å². The number of nitriles is 1. The molecule has 0 aliphatic rings. The molecule has 1 atom stereocenters. The van der Waals surface area contributed by atoms with Crippen LogP contribution in [0.4, 0.5) is 0 Å². The van der Waals surface area contributed by atoms with Crippen molar-refractivity contribution in [3.8, 4) is 11.8 Å². The molecule has 0 fully saturated rings. The first-order valence-corrected chi connectivity index (χ1v) is 5.07. The van der Waals surface area contributed by atoms with Crippen LogP contribution in [0, 0.1) is 11.3 Å². The average molecular weight is 225 g/mol. The molecular formula is C11H13ClN2O. The third kappa shape index (κ3) is 2.85. The Morgan fingerprint density at radius 3 is 2.80 bits per heavy atom. The fraction of sp³-hybridized carbons (Fsp3) is 0.364. The van der Waals surface area contributed by atoms with Crippen molar-refractivity contribution < 1.29 is 4.74 Å². The summed E-state index contributed by atoms with van der Waals surface area (Å²) in [5.74, 6) is 0.619. The zero-order chi connectivity index (χ0) is 11.3. The summed E-state index contributed by atoms with van der Waals surface area (Å²) in [5.41, 5.74) is 0.852. The summed E-state index contributed by atoms with van der Waals surface area (Å²) in [6, 6.07) is 7.20. The molecule has 4 heteroatoms. The van der Waals surface area contributed by atoms with E-state index in [-0.39, 0.29) is 6.04 Å². The Hall–Kier alpha value is -1.24. The molecule has 0 aromatic heterocycles. The fourth-order valence-electron chi connectivity index (χ4n) is 1.30. The summed E-state index contributed by atoms with van der Waals surface area (Å²) in [6.07, 6.45) is 0. The number of hydrogen-bond donors (Lipinski definition) is 1. The second-order valence-electron chi connectivity index (χ2n) is 3.01. The summed E-state index contributed by atoms with van der Waals surface area (Å²) in [7, 11) is 1.56. The number of rotatable bonds is 4. The van der Waals surface area contributed by atoms with Gasteiger partial charge in [-0.05, 0) is 24.2 Å². The lowest BCUT2D eigenvalue weighted by Gasteiger charge is -2.11. The van der Waals surface area contributed by atoms with Gasteiger partial charge in [0, 0.05) is 0 Å². The van der Waals surface area contributed by atoms with Crippen molar-refractivity contribution in [3.05, 3.63) is 28.8 Å². The Morgan fingerprint density at radius 2 is 2.33 bits per heavy atom. The third-order valence-corrected chi connectivity index (χ3v) is 2.34. The first kappa shape index (κ1) is 11.8. The highest BCUT2D eigenvalue weighted by Gasteiger charge is 2.10. The average Bonchev–Trinajstić information content (AvgIpc) is 2.25. The molecule has 3 nitrogen and oxygen atoms in total. The van der Waals surface area contributed by atoms with Gasteiger partial charge in [-0.15, -0.1) is 0 Å². The topological polar surface area (TPSA) is 45.0 Å². The Kier molecular flexibility index (Phi) is 4.41. The van der Waals surface area contributed by atoms with E-state index in [0.29, 0.717) is 10.8 Å². The van der Waals surface area contributed by atoms with Crippen LogP contribution in [-0.4, -0.2) is 13.7 Å². The number of hydrogen-bond acceptors (Lipinski definition) is 3. The molecule has 1 rings (SSSR count). The fourth-order valence-corrected chi connectivity index (χ4v) is 1.57. The maximum absolute atomic E-state index is 8.94. The predicted molar refractivity (Wildman–Crippen MR) is 60.0 cm³/mol. The molecule has 1 N–H and O–H groups in total. The van der Waals surface area contributed by atoms with Gasteiger partial charge in [0.05, 0.1) is 18.2 Å². The van der Waals surface area contributed by atoms with Crippen LogP contribution >= 0.6 is 11.6 Å². The van der Waals surface area contributed by atoms with Gasteiger partial charge in [-0.25, -0.2) is 0 Å². The van der Waals surface area contributed by atoms with E-state index in [1.165, 1.54) is 0 Å². The van der Waals surface area contributed by atoms with E-state index in [0.717, 1.165) is 12.1 Å². The largest absolute Gasteiger partial charge is 0.495 e. The third-order valence-electron chi connectivity index (χ3n) is 2.05. The number of nitrogens with zero attached hydrogens (tertiary/aromatic N) is 1. The summed E-state index contributed by atoms with van der Waals surface area (Å²) >= 11 is 5.97. The molecule has 1 aromatic rings. The monoisotopic (exact) mass is 224 g/mol. The van der Waals surface area contributed by atoms with Gasteiger partial charge < -0.3 is 4.74 Å². The van der Waals surface area contributed by atoms with Gasteiger partial charge in [-0.2, -0.15) is 5.26 Å². The lowest BCUT2D eigenvalue weighted by Crippen LogP contribution is -2.19. The highest BCUT2D eigenvalue weighted by atomic mass is 35.5. The maximum Gasteiger partial charge on any atom is 0.137 e. The lowest BCUT2D eigenvalue weighted by molar-refractivity contribution is 0.414. The van der Waals surface area contributed by atoms with Gasteiger partial charge in [0.15, 0.2) is 0 Å². The highest BCUT2D eigenvalue weighted by Crippen LogP contribution is 2.27. The van der Waals surface area contributed by atoms with E-state index in [1.807, 2.05) is 13.0 Å². The Morgan fingerprint density at radius 1 is 1.60 bits per heavy atom. The molecular weight excluding hydrogens is 212 g/mol. The van der Waals surface area contributed by atoms with Gasteiger partial charge in [0.25, 0.3) is 0 Å². The van der Waals surface area contributed by atoms with Gasteiger partial charge in [0.2, 0.25) is 0 Å². The van der Waals surface area contributed by atoms with Gasteiger partial charge in [-0.1, -0.05) is 24.6 Å². The van der Waals surface area contributed by atoms with Crippen LogP contribution in [0.1, 0.15) is 18.5 Å². The lowest BCUT2D eigenvalue weighted by atomic mass is 10.1. The van der Waals surface area contributed by atoms with Crippen molar-refractivity contribution in [2.24, 2.45) is 0 Å². The molecule has 0 saturated heterocycles. The van der Waals surface area contributed by atoms with E-state index in [9.17, 15) is 0 Å². The summed E-state index contributed by atoms with van der Waals surface area (Å²) in [5, 5.41) is 12.5. The molecule has 0 bridgehead atoms. The van der Waals surface area contributed by atoms with Crippen LogP contribution < -0.4 is 10.1 Å². The Balaban J connectivity index is 2.96. The summed E-state index contributed by atoms with van der Waals surface area (Å²) in [6.45, 7) is 2.69. The van der Waals surface area contributed by atoms with Crippen molar-refractivity contribution in [3.63, 3.8) is 0 Å². The van der Waals surface area contributed by atoms with Crippen LogP contribution in [0.15, 0.2) is 18.2 Å². The van der Waals surface area contributed by atoms with Crippen LogP contribution in [0.2, 0.25) is 5.02 Å². The smallest absolute Gasteiger partial charge is 0.137 e. The van der Waals surface area contributed by atoms with Crippen LogP contribution in [0.5, 0.6) is 5.75 Å². The predicted octanol–water partition coefficient (Wildman–Crippen LogP) is 2.52. The van der Waals surface area contributed by atoms with Crippen LogP contribution in [0.25, 0.3) is 0 Å². The minimum atomic E-state index is -0.321. The first-order valence-electron chi connectivity index (χ1n) is 4.69. The second-order valence-corrected chi connectivity index (χ2v) is 3.42. The number of halogens is 1. The molecule has 0 radical (unpaired) electrons. The zero-order valence-corrected chi connectivity index (χ0v) is 9.51. The van der Waals surface area contributed by atoms with Crippen molar-refractivity contribution in [2.45, 2.75) is 13.0 Å². The van der Waals surface area contributed by atoms with Gasteiger partial charge in [-0.3, -0.25) is 5.32 Å². The Bertz CT molecular complexity index is 373. The normalized spacial score (nSPS) is 11.9. The minimum absolute atomic E-state index is 0.321. The van der Waals surface area contributed by atoms with E-state index in [4.69, 9.17) is 21.6 Å². The van der Waals surface area contributed by atoms with E-state index >= 15 is 0 Å². The molecule has 0 aliphatic carbocycles. The van der Waals surface area contributed by atoms with Crippen LogP contribution in [0.3, 0.4) is 0 Å². The summed E-state index contributed by atoms with van der Waals surface area (Å²) in [4.78, 5) is 0. The molecule has 0 heterocycles. The standard InChI is InChI=1S/C11H13ClN2O/c1-3-14-10(7-13)8-4-5-11(15-2)9(12)6-8/h4-6,10,14H,3H2,1-2H3. The zero-order valence-electron chi connectivity index (χ0n) is 8.75. The number of ether oxygens (including phenoxy) is 1. The molecule has 0 amide bonds. The summed E-state index contributed by atoms with van der Waals surface area (Å²) < 4.78 is 5.04. The Labute approximate surface area is 94.6 Å². The molecule has 1 aromatic carbocycles.